The number of aromatic nitrogens is 2. The van der Waals surface area contributed by atoms with E-state index in [-0.39, 0.29) is 50.9 Å². The zero-order valence-electron chi connectivity index (χ0n) is 14.0. The molecule has 6 N–H and O–H groups in total. The second-order valence-electron chi connectivity index (χ2n) is 5.61. The number of hydrogen-bond acceptors (Lipinski definition) is 5. The minimum atomic E-state index is -0.830. The molecule has 0 bridgehead atoms. The van der Waals surface area contributed by atoms with Gasteiger partial charge in [0.15, 0.2) is 23.0 Å². The molecule has 0 aliphatic rings. The topological polar surface area (TPSA) is 119 Å². The summed E-state index contributed by atoms with van der Waals surface area (Å²) >= 11 is 11.8. The standard InChI is InChI=1S/C17H13Cl2F2N5O2/c18-8-2-1-7(5-24-17(27)14-16(19)26-6-25-14)13(21)15(8)28-12-4-10(22)9(20)3-11(12)23/h1-4,6H,5,22-23H2,(H,24,27)(H,25,26). The van der Waals surface area contributed by atoms with E-state index in [0.29, 0.717) is 0 Å². The molecule has 0 aliphatic carbocycles. The highest BCUT2D eigenvalue weighted by atomic mass is 35.5. The highest BCUT2D eigenvalue weighted by Crippen LogP contribution is 2.37. The second kappa shape index (κ2) is 7.91. The number of carbonyl (C=O) groups excluding carboxylic acids is 1. The normalized spacial score (nSPS) is 10.7. The lowest BCUT2D eigenvalue weighted by Gasteiger charge is -2.14. The summed E-state index contributed by atoms with van der Waals surface area (Å²) in [7, 11) is 0. The number of nitrogens with one attached hydrogen (secondary N) is 2. The van der Waals surface area contributed by atoms with Crippen LogP contribution in [0.3, 0.4) is 0 Å². The van der Waals surface area contributed by atoms with Gasteiger partial charge < -0.3 is 26.5 Å². The lowest BCUT2D eigenvalue weighted by molar-refractivity contribution is 0.0946. The first kappa shape index (κ1) is 19.7. The van der Waals surface area contributed by atoms with E-state index in [1.807, 2.05) is 0 Å². The molecule has 7 nitrogen and oxygen atoms in total. The van der Waals surface area contributed by atoms with Crippen molar-refractivity contribution in [1.29, 1.82) is 0 Å². The summed E-state index contributed by atoms with van der Waals surface area (Å²) in [5, 5.41) is 2.49. The minimum absolute atomic E-state index is 0.0259. The Kier molecular flexibility index (Phi) is 5.57. The molecule has 1 aromatic heterocycles. The van der Waals surface area contributed by atoms with Crippen molar-refractivity contribution < 1.29 is 18.3 Å². The Balaban J connectivity index is 1.83. The van der Waals surface area contributed by atoms with E-state index in [9.17, 15) is 13.6 Å². The first-order chi connectivity index (χ1) is 13.3. The molecule has 0 radical (unpaired) electrons. The van der Waals surface area contributed by atoms with Crippen molar-refractivity contribution in [3.8, 4) is 11.5 Å². The maximum atomic E-state index is 14.8. The Morgan fingerprint density at radius 2 is 1.96 bits per heavy atom. The summed E-state index contributed by atoms with van der Waals surface area (Å²) in [5.41, 5.74) is 10.9. The molecule has 1 heterocycles. The average molecular weight is 428 g/mol. The van der Waals surface area contributed by atoms with E-state index in [1.165, 1.54) is 18.5 Å². The summed E-state index contributed by atoms with van der Waals surface area (Å²) in [6, 6.07) is 4.83. The van der Waals surface area contributed by atoms with Gasteiger partial charge in [-0.1, -0.05) is 29.3 Å². The van der Waals surface area contributed by atoms with Crippen molar-refractivity contribution in [3.05, 3.63) is 63.7 Å². The molecular formula is C17H13Cl2F2N5O2. The highest BCUT2D eigenvalue weighted by molar-refractivity contribution is 6.32. The number of H-pyrrole nitrogens is 1. The van der Waals surface area contributed by atoms with Gasteiger partial charge in [-0.3, -0.25) is 4.79 Å². The van der Waals surface area contributed by atoms with Gasteiger partial charge in [0, 0.05) is 24.2 Å². The summed E-state index contributed by atoms with van der Waals surface area (Å²) in [5.74, 6) is -2.57. The van der Waals surface area contributed by atoms with Gasteiger partial charge in [-0.25, -0.2) is 13.8 Å². The van der Waals surface area contributed by atoms with E-state index in [2.05, 4.69) is 15.3 Å². The van der Waals surface area contributed by atoms with Crippen LogP contribution in [0.5, 0.6) is 11.5 Å². The van der Waals surface area contributed by atoms with Gasteiger partial charge in [-0.05, 0) is 6.07 Å². The zero-order valence-corrected chi connectivity index (χ0v) is 15.5. The number of imidazole rings is 1. The third-order valence-electron chi connectivity index (χ3n) is 3.72. The number of anilines is 2. The van der Waals surface area contributed by atoms with Crippen molar-refractivity contribution in [2.24, 2.45) is 0 Å². The maximum Gasteiger partial charge on any atom is 0.273 e. The molecule has 0 spiro atoms. The predicted molar refractivity (Wildman–Crippen MR) is 101 cm³/mol. The molecule has 0 fully saturated rings. The Morgan fingerprint density at radius 1 is 1.21 bits per heavy atom. The molecule has 11 heteroatoms. The van der Waals surface area contributed by atoms with Gasteiger partial charge in [0.1, 0.15) is 11.0 Å². The van der Waals surface area contributed by atoms with Crippen molar-refractivity contribution >= 4 is 40.5 Å². The zero-order chi connectivity index (χ0) is 20.4. The first-order valence-corrected chi connectivity index (χ1v) is 8.49. The Bertz CT molecular complexity index is 1060. The number of ether oxygens (including phenoxy) is 1. The summed E-state index contributed by atoms with van der Waals surface area (Å²) in [6.45, 7) is -0.192. The fraction of sp³-hybridized carbons (Fsp3) is 0.0588. The first-order valence-electron chi connectivity index (χ1n) is 7.74. The van der Waals surface area contributed by atoms with Gasteiger partial charge in [0.2, 0.25) is 0 Å². The van der Waals surface area contributed by atoms with Crippen LogP contribution in [0.1, 0.15) is 16.1 Å². The second-order valence-corrected chi connectivity index (χ2v) is 6.40. The largest absolute Gasteiger partial charge is 0.450 e. The predicted octanol–water partition coefficient (Wildman–Crippen LogP) is 3.88. The Morgan fingerprint density at radius 3 is 2.64 bits per heavy atom. The number of rotatable bonds is 5. The lowest BCUT2D eigenvalue weighted by Crippen LogP contribution is -2.24. The molecule has 0 saturated carbocycles. The van der Waals surface area contributed by atoms with Crippen LogP contribution >= 0.6 is 23.2 Å². The van der Waals surface area contributed by atoms with E-state index < -0.39 is 17.5 Å². The van der Waals surface area contributed by atoms with Crippen molar-refractivity contribution in [2.45, 2.75) is 6.54 Å². The van der Waals surface area contributed by atoms with Gasteiger partial charge in [0.05, 0.1) is 22.7 Å². The molecule has 0 aliphatic heterocycles. The van der Waals surface area contributed by atoms with Crippen LogP contribution in [-0.4, -0.2) is 15.9 Å². The van der Waals surface area contributed by atoms with Crippen molar-refractivity contribution in [3.63, 3.8) is 0 Å². The SMILES string of the molecule is Nc1cc(Oc2c(Cl)ccc(CNC(=O)c3nc[nH]c3Cl)c2F)c(N)cc1F. The number of carbonyl (C=O) groups is 1. The number of nitrogens with zero attached hydrogens (tertiary/aromatic N) is 1. The van der Waals surface area contributed by atoms with E-state index >= 15 is 0 Å². The molecule has 0 unspecified atom stereocenters. The molecule has 0 atom stereocenters. The molecule has 146 valence electrons. The van der Waals surface area contributed by atoms with Crippen LogP contribution in [0.4, 0.5) is 20.2 Å². The molecule has 3 aromatic rings. The van der Waals surface area contributed by atoms with Gasteiger partial charge in [-0.2, -0.15) is 0 Å². The van der Waals surface area contributed by atoms with Gasteiger partial charge in [-0.15, -0.1) is 0 Å². The fourth-order valence-corrected chi connectivity index (χ4v) is 2.65. The molecular weight excluding hydrogens is 415 g/mol. The Hall–Kier alpha value is -3.04. The molecule has 3 rings (SSSR count). The van der Waals surface area contributed by atoms with Crippen LogP contribution in [0.25, 0.3) is 0 Å². The fourth-order valence-electron chi connectivity index (χ4n) is 2.28. The highest BCUT2D eigenvalue weighted by Gasteiger charge is 2.19. The van der Waals surface area contributed by atoms with E-state index in [1.54, 1.807) is 0 Å². The summed E-state index contributed by atoms with van der Waals surface area (Å²) in [4.78, 5) is 18.4. The number of nitrogens with two attached hydrogens (primary N) is 2. The Labute approximate surface area is 167 Å². The van der Waals surface area contributed by atoms with Crippen molar-refractivity contribution in [1.82, 2.24) is 15.3 Å². The van der Waals surface area contributed by atoms with Crippen LogP contribution in [0.2, 0.25) is 10.2 Å². The van der Waals surface area contributed by atoms with Crippen molar-refractivity contribution in [2.75, 3.05) is 11.5 Å². The van der Waals surface area contributed by atoms with E-state index in [0.717, 1.165) is 12.1 Å². The summed E-state index contributed by atoms with van der Waals surface area (Å²) < 4.78 is 33.7. The van der Waals surface area contributed by atoms with Crippen LogP contribution in [0.15, 0.2) is 30.6 Å². The van der Waals surface area contributed by atoms with Crippen LogP contribution in [0, 0.1) is 11.6 Å². The number of halogens is 4. The number of hydrogen-bond donors (Lipinski definition) is 4. The minimum Gasteiger partial charge on any atom is -0.450 e. The number of amides is 1. The number of aromatic amines is 1. The lowest BCUT2D eigenvalue weighted by atomic mass is 10.2. The van der Waals surface area contributed by atoms with Crippen LogP contribution < -0.4 is 21.5 Å². The quantitative estimate of drug-likeness (QED) is 0.460. The average Bonchev–Trinajstić information content (AvgIpc) is 3.08. The smallest absolute Gasteiger partial charge is 0.273 e. The van der Waals surface area contributed by atoms with Gasteiger partial charge >= 0.3 is 0 Å². The van der Waals surface area contributed by atoms with E-state index in [4.69, 9.17) is 39.4 Å². The molecule has 2 aromatic carbocycles. The molecule has 0 saturated heterocycles. The third-order valence-corrected chi connectivity index (χ3v) is 4.30. The summed E-state index contributed by atoms with van der Waals surface area (Å²) in [6.07, 6.45) is 1.25. The van der Waals surface area contributed by atoms with Crippen LogP contribution in [-0.2, 0) is 6.54 Å². The third kappa shape index (κ3) is 3.95. The number of nitrogen functional groups attached to an aromatic ring is 2. The monoisotopic (exact) mass is 427 g/mol. The van der Waals surface area contributed by atoms with Gasteiger partial charge in [0.25, 0.3) is 5.91 Å². The molecule has 28 heavy (non-hydrogen) atoms. The molecule has 1 amide bonds. The maximum absolute atomic E-state index is 14.8. The number of benzene rings is 2.